The third-order valence-corrected chi connectivity index (χ3v) is 5.69. The summed E-state index contributed by atoms with van der Waals surface area (Å²) in [5.74, 6) is 0.683. The van der Waals surface area contributed by atoms with Gasteiger partial charge in [0.05, 0.1) is 5.75 Å². The first-order chi connectivity index (χ1) is 10.8. The Morgan fingerprint density at radius 2 is 1.83 bits per heavy atom. The van der Waals surface area contributed by atoms with Crippen LogP contribution < -0.4 is 10.6 Å². The Labute approximate surface area is 139 Å². The second kappa shape index (κ2) is 8.15. The van der Waals surface area contributed by atoms with Gasteiger partial charge in [0.25, 0.3) is 0 Å². The van der Waals surface area contributed by atoms with Crippen LogP contribution in [0, 0.1) is 5.92 Å². The van der Waals surface area contributed by atoms with Crippen molar-refractivity contribution in [3.05, 3.63) is 12.2 Å². The van der Waals surface area contributed by atoms with Crippen molar-refractivity contribution in [2.24, 2.45) is 5.92 Å². The minimum absolute atomic E-state index is 0.0771. The van der Waals surface area contributed by atoms with E-state index in [1.165, 1.54) is 6.26 Å². The van der Waals surface area contributed by atoms with Crippen molar-refractivity contribution in [1.82, 2.24) is 15.5 Å². The summed E-state index contributed by atoms with van der Waals surface area (Å²) in [6.45, 7) is 4.42. The van der Waals surface area contributed by atoms with E-state index in [4.69, 9.17) is 0 Å². The van der Waals surface area contributed by atoms with Gasteiger partial charge in [-0.3, -0.25) is 0 Å². The highest BCUT2D eigenvalue weighted by Gasteiger charge is 2.24. The molecule has 0 unspecified atom stereocenters. The number of hydrogen-bond acceptors (Lipinski definition) is 4. The molecule has 2 atom stereocenters. The Balaban J connectivity index is 1.67. The minimum atomic E-state index is -2.90. The normalized spacial score (nSPS) is 26.9. The van der Waals surface area contributed by atoms with Crippen LogP contribution in [0.3, 0.4) is 0 Å². The van der Waals surface area contributed by atoms with Gasteiger partial charge in [-0.1, -0.05) is 19.1 Å². The number of nitrogens with one attached hydrogen (secondary N) is 2. The fourth-order valence-corrected chi connectivity index (χ4v) is 3.73. The van der Waals surface area contributed by atoms with Gasteiger partial charge in [0.1, 0.15) is 9.84 Å². The number of likely N-dealkylation sites (tertiary alicyclic amines) is 1. The SMILES string of the molecule is C[C@@H]1CC=CC[C@H]1NC(=O)NC1CCN(CCS(C)(=O)=O)CC1. The first kappa shape index (κ1) is 18.3. The van der Waals surface area contributed by atoms with Crippen LogP contribution in [0.2, 0.25) is 0 Å². The molecule has 2 amide bonds. The van der Waals surface area contributed by atoms with Crippen molar-refractivity contribution in [3.63, 3.8) is 0 Å². The number of piperidine rings is 1. The molecule has 0 spiro atoms. The molecule has 7 heteroatoms. The van der Waals surface area contributed by atoms with Gasteiger partial charge in [-0.2, -0.15) is 0 Å². The number of allylic oxidation sites excluding steroid dienone is 1. The summed E-state index contributed by atoms with van der Waals surface area (Å²) < 4.78 is 22.4. The van der Waals surface area contributed by atoms with Crippen LogP contribution in [0.25, 0.3) is 0 Å². The van der Waals surface area contributed by atoms with E-state index in [2.05, 4.69) is 34.6 Å². The largest absolute Gasteiger partial charge is 0.335 e. The zero-order valence-electron chi connectivity index (χ0n) is 14.1. The lowest BCUT2D eigenvalue weighted by Crippen LogP contribution is -2.51. The third kappa shape index (κ3) is 6.51. The fourth-order valence-electron chi connectivity index (χ4n) is 3.14. The van der Waals surface area contributed by atoms with Crippen molar-refractivity contribution in [1.29, 1.82) is 0 Å². The first-order valence-electron chi connectivity index (χ1n) is 8.45. The lowest BCUT2D eigenvalue weighted by Gasteiger charge is -2.33. The van der Waals surface area contributed by atoms with Crippen LogP contribution in [0.4, 0.5) is 4.79 Å². The molecule has 1 aliphatic carbocycles. The van der Waals surface area contributed by atoms with Crippen molar-refractivity contribution in [2.75, 3.05) is 31.6 Å². The van der Waals surface area contributed by atoms with Crippen LogP contribution in [-0.4, -0.2) is 63.1 Å². The number of rotatable bonds is 5. The maximum atomic E-state index is 12.1. The van der Waals surface area contributed by atoms with Crippen LogP contribution in [-0.2, 0) is 9.84 Å². The van der Waals surface area contributed by atoms with Gasteiger partial charge in [0.15, 0.2) is 0 Å². The number of sulfone groups is 1. The average Bonchev–Trinajstić information content (AvgIpc) is 2.48. The van der Waals surface area contributed by atoms with Gasteiger partial charge in [0, 0.05) is 38.0 Å². The summed E-state index contributed by atoms with van der Waals surface area (Å²) in [5, 5.41) is 6.14. The zero-order valence-corrected chi connectivity index (χ0v) is 14.9. The molecule has 0 bridgehead atoms. The molecular formula is C16H29N3O3S. The Morgan fingerprint density at radius 1 is 1.17 bits per heavy atom. The van der Waals surface area contributed by atoms with Gasteiger partial charge >= 0.3 is 6.03 Å². The Bertz CT molecular complexity index is 525. The lowest BCUT2D eigenvalue weighted by atomic mass is 9.91. The van der Waals surface area contributed by atoms with E-state index in [0.717, 1.165) is 38.8 Å². The van der Waals surface area contributed by atoms with Crippen molar-refractivity contribution in [2.45, 2.75) is 44.7 Å². The van der Waals surface area contributed by atoms with Crippen molar-refractivity contribution < 1.29 is 13.2 Å². The fraction of sp³-hybridized carbons (Fsp3) is 0.812. The summed E-state index contributed by atoms with van der Waals surface area (Å²) >= 11 is 0. The molecular weight excluding hydrogens is 314 g/mol. The van der Waals surface area contributed by atoms with E-state index >= 15 is 0 Å². The molecule has 0 saturated carbocycles. The average molecular weight is 343 g/mol. The molecule has 2 aliphatic rings. The summed E-state index contributed by atoms with van der Waals surface area (Å²) in [6, 6.07) is 0.320. The third-order valence-electron chi connectivity index (χ3n) is 4.77. The summed E-state index contributed by atoms with van der Waals surface area (Å²) in [6.07, 6.45) is 9.24. The molecule has 2 rings (SSSR count). The Hall–Kier alpha value is -1.08. The Kier molecular flexibility index (Phi) is 6.47. The van der Waals surface area contributed by atoms with Crippen LogP contribution in [0.15, 0.2) is 12.2 Å². The zero-order chi connectivity index (χ0) is 16.9. The first-order valence-corrected chi connectivity index (χ1v) is 10.5. The van der Waals surface area contributed by atoms with Gasteiger partial charge in [0.2, 0.25) is 0 Å². The standard InChI is InChI=1S/C16H29N3O3S/c1-13-5-3-4-6-15(13)18-16(20)17-14-7-9-19(10-8-14)11-12-23(2,21)22/h3-4,13-15H,5-12H2,1-2H3,(H2,17,18,20)/t13-,15-/m1/s1. The predicted octanol–water partition coefficient (Wildman–Crippen LogP) is 1.15. The highest BCUT2D eigenvalue weighted by molar-refractivity contribution is 7.90. The van der Waals surface area contributed by atoms with E-state index in [1.807, 2.05) is 0 Å². The highest BCUT2D eigenvalue weighted by Crippen LogP contribution is 2.18. The maximum absolute atomic E-state index is 12.1. The van der Waals surface area contributed by atoms with E-state index in [9.17, 15) is 13.2 Å². The number of carbonyl (C=O) groups excluding carboxylic acids is 1. The van der Waals surface area contributed by atoms with E-state index < -0.39 is 9.84 Å². The number of urea groups is 1. The molecule has 1 saturated heterocycles. The summed E-state index contributed by atoms with van der Waals surface area (Å²) in [5.41, 5.74) is 0. The van der Waals surface area contributed by atoms with Crippen molar-refractivity contribution >= 4 is 15.9 Å². The maximum Gasteiger partial charge on any atom is 0.315 e. The van der Waals surface area contributed by atoms with E-state index in [1.54, 1.807) is 0 Å². The monoisotopic (exact) mass is 343 g/mol. The van der Waals surface area contributed by atoms with Gasteiger partial charge in [-0.05, 0) is 31.6 Å². The van der Waals surface area contributed by atoms with Crippen LogP contribution >= 0.6 is 0 Å². The van der Waals surface area contributed by atoms with Gasteiger partial charge in [-0.15, -0.1) is 0 Å². The molecule has 0 aromatic heterocycles. The smallest absolute Gasteiger partial charge is 0.315 e. The molecule has 0 radical (unpaired) electrons. The van der Waals surface area contributed by atoms with Crippen LogP contribution in [0.1, 0.15) is 32.6 Å². The topological polar surface area (TPSA) is 78.5 Å². The molecule has 0 aromatic carbocycles. The molecule has 1 fully saturated rings. The van der Waals surface area contributed by atoms with Gasteiger partial charge in [-0.25, -0.2) is 13.2 Å². The quantitative estimate of drug-likeness (QED) is 0.734. The van der Waals surface area contributed by atoms with Crippen molar-refractivity contribution in [3.8, 4) is 0 Å². The van der Waals surface area contributed by atoms with Crippen LogP contribution in [0.5, 0.6) is 0 Å². The predicted molar refractivity (Wildman–Crippen MR) is 92.2 cm³/mol. The number of carbonyl (C=O) groups is 1. The molecule has 1 heterocycles. The minimum Gasteiger partial charge on any atom is -0.335 e. The molecule has 6 nitrogen and oxygen atoms in total. The molecule has 2 N–H and O–H groups in total. The summed E-state index contributed by atoms with van der Waals surface area (Å²) in [4.78, 5) is 14.3. The van der Waals surface area contributed by atoms with E-state index in [0.29, 0.717) is 12.5 Å². The molecule has 0 aromatic rings. The van der Waals surface area contributed by atoms with E-state index in [-0.39, 0.29) is 23.9 Å². The number of amides is 2. The Morgan fingerprint density at radius 3 is 2.43 bits per heavy atom. The second-order valence-electron chi connectivity index (χ2n) is 6.89. The second-order valence-corrected chi connectivity index (χ2v) is 9.15. The molecule has 23 heavy (non-hydrogen) atoms. The molecule has 1 aliphatic heterocycles. The highest BCUT2D eigenvalue weighted by atomic mass is 32.2. The molecule has 132 valence electrons. The number of nitrogens with zero attached hydrogens (tertiary/aromatic N) is 1. The summed E-state index contributed by atoms with van der Waals surface area (Å²) in [7, 11) is -2.90. The van der Waals surface area contributed by atoms with Gasteiger partial charge < -0.3 is 15.5 Å². The number of hydrogen-bond donors (Lipinski definition) is 2. The lowest BCUT2D eigenvalue weighted by molar-refractivity contribution is 0.195.